The Morgan fingerprint density at radius 2 is 1.95 bits per heavy atom. The summed E-state index contributed by atoms with van der Waals surface area (Å²) in [7, 11) is -3.15. The van der Waals surface area contributed by atoms with E-state index in [4.69, 9.17) is 0 Å². The molecule has 1 amide bonds. The summed E-state index contributed by atoms with van der Waals surface area (Å²) in [5, 5.41) is 2.91. The second-order valence-corrected chi connectivity index (χ2v) is 7.77. The molecular formula is C16H20N2O3S. The van der Waals surface area contributed by atoms with Crippen LogP contribution in [0.25, 0.3) is 0 Å². The Bertz CT molecular complexity index is 680. The predicted octanol–water partition coefficient (Wildman–Crippen LogP) is 2.52. The Morgan fingerprint density at radius 3 is 2.55 bits per heavy atom. The SMILES string of the molecule is O=C(Nc1ccc(N2CCCS2(=O)=O)cc1)[C@H]1CC=CCC1. The zero-order valence-corrected chi connectivity index (χ0v) is 13.2. The molecule has 1 aromatic carbocycles. The Balaban J connectivity index is 1.67. The molecule has 1 saturated heterocycles. The van der Waals surface area contributed by atoms with Crippen LogP contribution in [0.3, 0.4) is 0 Å². The van der Waals surface area contributed by atoms with Gasteiger partial charge in [0.15, 0.2) is 0 Å². The highest BCUT2D eigenvalue weighted by Crippen LogP contribution is 2.26. The molecule has 3 rings (SSSR count). The van der Waals surface area contributed by atoms with Crippen LogP contribution < -0.4 is 9.62 Å². The van der Waals surface area contributed by atoms with Gasteiger partial charge in [-0.1, -0.05) is 12.2 Å². The van der Waals surface area contributed by atoms with Gasteiger partial charge in [0, 0.05) is 18.2 Å². The first kappa shape index (κ1) is 15.1. The van der Waals surface area contributed by atoms with E-state index in [0.717, 1.165) is 19.3 Å². The number of anilines is 2. The number of carbonyl (C=O) groups excluding carboxylic acids is 1. The summed E-state index contributed by atoms with van der Waals surface area (Å²) in [5.74, 6) is 0.273. The molecule has 6 heteroatoms. The fourth-order valence-electron chi connectivity index (χ4n) is 2.92. The molecule has 1 heterocycles. The van der Waals surface area contributed by atoms with Crippen molar-refractivity contribution in [3.8, 4) is 0 Å². The highest BCUT2D eigenvalue weighted by Gasteiger charge is 2.28. The van der Waals surface area contributed by atoms with Gasteiger partial charge >= 0.3 is 0 Å². The number of amides is 1. The minimum atomic E-state index is -3.15. The summed E-state index contributed by atoms with van der Waals surface area (Å²) < 4.78 is 25.2. The molecule has 1 fully saturated rings. The lowest BCUT2D eigenvalue weighted by Gasteiger charge is -2.19. The van der Waals surface area contributed by atoms with Gasteiger partial charge < -0.3 is 5.32 Å². The highest BCUT2D eigenvalue weighted by atomic mass is 32.2. The minimum Gasteiger partial charge on any atom is -0.326 e. The molecule has 0 spiro atoms. The molecule has 1 atom stereocenters. The maximum Gasteiger partial charge on any atom is 0.235 e. The van der Waals surface area contributed by atoms with Gasteiger partial charge in [0.2, 0.25) is 15.9 Å². The van der Waals surface area contributed by atoms with E-state index < -0.39 is 10.0 Å². The zero-order valence-electron chi connectivity index (χ0n) is 12.4. The molecule has 0 aromatic heterocycles. The smallest absolute Gasteiger partial charge is 0.235 e. The quantitative estimate of drug-likeness (QED) is 0.870. The molecule has 0 unspecified atom stereocenters. The topological polar surface area (TPSA) is 66.5 Å². The Kier molecular flexibility index (Phi) is 4.20. The molecule has 1 aliphatic heterocycles. The third kappa shape index (κ3) is 3.16. The van der Waals surface area contributed by atoms with Crippen molar-refractivity contribution < 1.29 is 13.2 Å². The van der Waals surface area contributed by atoms with Gasteiger partial charge in [0.25, 0.3) is 0 Å². The van der Waals surface area contributed by atoms with Crippen molar-refractivity contribution in [1.82, 2.24) is 0 Å². The van der Waals surface area contributed by atoms with Crippen LogP contribution in [0, 0.1) is 5.92 Å². The number of rotatable bonds is 3. The molecule has 0 bridgehead atoms. The van der Waals surface area contributed by atoms with Crippen molar-refractivity contribution in [3.05, 3.63) is 36.4 Å². The standard InChI is InChI=1S/C16H20N2O3S/c19-16(13-5-2-1-3-6-13)17-14-7-9-15(10-8-14)18-11-4-12-22(18,20)21/h1-2,7-10,13H,3-6,11-12H2,(H,17,19)/t13-/m0/s1. The van der Waals surface area contributed by atoms with Gasteiger partial charge in [-0.15, -0.1) is 0 Å². The highest BCUT2D eigenvalue weighted by molar-refractivity contribution is 7.93. The average molecular weight is 320 g/mol. The van der Waals surface area contributed by atoms with Crippen LogP contribution in [0.4, 0.5) is 11.4 Å². The van der Waals surface area contributed by atoms with E-state index in [9.17, 15) is 13.2 Å². The van der Waals surface area contributed by atoms with E-state index in [0.29, 0.717) is 24.3 Å². The van der Waals surface area contributed by atoms with E-state index in [1.165, 1.54) is 4.31 Å². The number of sulfonamides is 1. The fourth-order valence-corrected chi connectivity index (χ4v) is 4.48. The molecule has 118 valence electrons. The third-order valence-corrected chi connectivity index (χ3v) is 6.03. The monoisotopic (exact) mass is 320 g/mol. The number of allylic oxidation sites excluding steroid dienone is 2. The lowest BCUT2D eigenvalue weighted by Crippen LogP contribution is -2.25. The van der Waals surface area contributed by atoms with Crippen molar-refractivity contribution in [1.29, 1.82) is 0 Å². The van der Waals surface area contributed by atoms with Crippen molar-refractivity contribution in [2.45, 2.75) is 25.7 Å². The molecule has 22 heavy (non-hydrogen) atoms. The maximum atomic E-state index is 12.2. The summed E-state index contributed by atoms with van der Waals surface area (Å²) in [6.45, 7) is 0.530. The van der Waals surface area contributed by atoms with Crippen LogP contribution in [0.5, 0.6) is 0 Å². The van der Waals surface area contributed by atoms with E-state index >= 15 is 0 Å². The normalized spacial score (nSPS) is 23.5. The average Bonchev–Trinajstić information content (AvgIpc) is 2.88. The van der Waals surface area contributed by atoms with Crippen molar-refractivity contribution in [2.75, 3.05) is 21.9 Å². The van der Waals surface area contributed by atoms with Crippen LogP contribution in [-0.2, 0) is 14.8 Å². The van der Waals surface area contributed by atoms with Crippen LogP contribution in [0.15, 0.2) is 36.4 Å². The second-order valence-electron chi connectivity index (χ2n) is 5.76. The molecular weight excluding hydrogens is 300 g/mol. The number of carbonyl (C=O) groups is 1. The van der Waals surface area contributed by atoms with E-state index in [-0.39, 0.29) is 17.6 Å². The molecule has 1 aliphatic carbocycles. The fraction of sp³-hybridized carbons (Fsp3) is 0.438. The first-order valence-corrected chi connectivity index (χ1v) is 9.23. The lowest BCUT2D eigenvalue weighted by molar-refractivity contribution is -0.120. The summed E-state index contributed by atoms with van der Waals surface area (Å²) in [4.78, 5) is 12.2. The van der Waals surface area contributed by atoms with Gasteiger partial charge in [0.1, 0.15) is 0 Å². The Hall–Kier alpha value is -1.82. The van der Waals surface area contributed by atoms with E-state index in [1.807, 2.05) is 0 Å². The first-order chi connectivity index (χ1) is 10.6. The Morgan fingerprint density at radius 1 is 1.18 bits per heavy atom. The largest absolute Gasteiger partial charge is 0.326 e. The summed E-state index contributed by atoms with van der Waals surface area (Å²) in [5.41, 5.74) is 1.37. The van der Waals surface area contributed by atoms with Gasteiger partial charge in [0.05, 0.1) is 11.4 Å². The van der Waals surface area contributed by atoms with E-state index in [2.05, 4.69) is 17.5 Å². The van der Waals surface area contributed by atoms with Crippen LogP contribution in [0.2, 0.25) is 0 Å². The van der Waals surface area contributed by atoms with Crippen molar-refractivity contribution in [2.24, 2.45) is 5.92 Å². The number of hydrogen-bond donors (Lipinski definition) is 1. The zero-order chi connectivity index (χ0) is 15.6. The number of nitrogens with one attached hydrogen (secondary N) is 1. The molecule has 1 aromatic rings. The molecule has 0 saturated carbocycles. The van der Waals surface area contributed by atoms with E-state index in [1.54, 1.807) is 24.3 Å². The van der Waals surface area contributed by atoms with Gasteiger partial charge in [-0.2, -0.15) is 0 Å². The van der Waals surface area contributed by atoms with Crippen molar-refractivity contribution >= 4 is 27.3 Å². The van der Waals surface area contributed by atoms with Crippen LogP contribution in [-0.4, -0.2) is 26.6 Å². The third-order valence-electron chi connectivity index (χ3n) is 4.16. The van der Waals surface area contributed by atoms with Gasteiger partial charge in [-0.3, -0.25) is 9.10 Å². The second kappa shape index (κ2) is 6.12. The number of hydrogen-bond acceptors (Lipinski definition) is 3. The predicted molar refractivity (Wildman–Crippen MR) is 87.3 cm³/mol. The lowest BCUT2D eigenvalue weighted by atomic mass is 9.93. The molecule has 1 N–H and O–H groups in total. The van der Waals surface area contributed by atoms with Gasteiger partial charge in [-0.05, 0) is 49.9 Å². The van der Waals surface area contributed by atoms with Gasteiger partial charge in [-0.25, -0.2) is 8.42 Å². The number of benzene rings is 1. The maximum absolute atomic E-state index is 12.2. The Labute approximate surface area is 131 Å². The van der Waals surface area contributed by atoms with Crippen LogP contribution in [0.1, 0.15) is 25.7 Å². The first-order valence-electron chi connectivity index (χ1n) is 7.62. The van der Waals surface area contributed by atoms with Crippen LogP contribution >= 0.6 is 0 Å². The minimum absolute atomic E-state index is 0.0311. The molecule has 0 radical (unpaired) electrons. The molecule has 2 aliphatic rings. The summed E-state index contributed by atoms with van der Waals surface area (Å²) >= 11 is 0. The van der Waals surface area contributed by atoms with Crippen molar-refractivity contribution in [3.63, 3.8) is 0 Å². The summed E-state index contributed by atoms with van der Waals surface area (Å²) in [6, 6.07) is 7.03. The number of nitrogens with zero attached hydrogens (tertiary/aromatic N) is 1. The summed E-state index contributed by atoms with van der Waals surface area (Å²) in [6.07, 6.45) is 7.44. The molecule has 5 nitrogen and oxygen atoms in total.